The molecular formula is C10H8F3N. The summed E-state index contributed by atoms with van der Waals surface area (Å²) < 4.78 is 37.0. The van der Waals surface area contributed by atoms with Gasteiger partial charge in [-0.1, -0.05) is 12.2 Å². The number of fused-ring (bicyclic) bond motifs is 1. The van der Waals surface area contributed by atoms with E-state index in [0.29, 0.717) is 12.2 Å². The van der Waals surface area contributed by atoms with Gasteiger partial charge in [0.05, 0.1) is 5.57 Å². The number of hydrogen-bond donors (Lipinski definition) is 0. The fourth-order valence-electron chi connectivity index (χ4n) is 1.37. The number of alkyl halides is 3. The molecule has 0 saturated heterocycles. The normalized spacial score (nSPS) is 20.4. The molecule has 2 rings (SSSR count). The maximum Gasteiger partial charge on any atom is 0.416 e. The third-order valence-corrected chi connectivity index (χ3v) is 2.10. The zero-order chi connectivity index (χ0) is 10.2. The average Bonchev–Trinajstić information content (AvgIpc) is 2.16. The summed E-state index contributed by atoms with van der Waals surface area (Å²) in [6.45, 7) is 0.629. The Balaban J connectivity index is 2.33. The molecular weight excluding hydrogens is 191 g/mol. The van der Waals surface area contributed by atoms with Gasteiger partial charge >= 0.3 is 6.18 Å². The first-order chi connectivity index (χ1) is 6.57. The second-order valence-electron chi connectivity index (χ2n) is 3.09. The van der Waals surface area contributed by atoms with Crippen molar-refractivity contribution in [3.8, 4) is 0 Å². The summed E-state index contributed by atoms with van der Waals surface area (Å²) in [4.78, 5) is 1.76. The van der Waals surface area contributed by atoms with E-state index in [9.17, 15) is 13.2 Å². The van der Waals surface area contributed by atoms with Crippen LogP contribution in [0, 0.1) is 0 Å². The van der Waals surface area contributed by atoms with E-state index in [-0.39, 0.29) is 0 Å². The average molecular weight is 199 g/mol. The van der Waals surface area contributed by atoms with Gasteiger partial charge in [-0.05, 0) is 18.2 Å². The molecule has 0 aromatic heterocycles. The van der Waals surface area contributed by atoms with Crippen molar-refractivity contribution in [2.75, 3.05) is 6.54 Å². The van der Waals surface area contributed by atoms with Crippen LogP contribution in [0.5, 0.6) is 0 Å². The lowest BCUT2D eigenvalue weighted by atomic mass is 10.1. The predicted molar refractivity (Wildman–Crippen MR) is 47.2 cm³/mol. The van der Waals surface area contributed by atoms with Gasteiger partial charge in [-0.2, -0.15) is 13.2 Å². The van der Waals surface area contributed by atoms with E-state index in [4.69, 9.17) is 0 Å². The lowest BCUT2D eigenvalue weighted by molar-refractivity contribution is -0.0886. The number of allylic oxidation sites excluding steroid dienone is 5. The molecule has 2 aliphatic heterocycles. The SMILES string of the molecule is FC(F)(F)C1=CC2=CC=CCN2C=C1. The minimum absolute atomic E-state index is 0.585. The van der Waals surface area contributed by atoms with Gasteiger partial charge < -0.3 is 4.90 Å². The van der Waals surface area contributed by atoms with Gasteiger partial charge in [0.1, 0.15) is 0 Å². The van der Waals surface area contributed by atoms with E-state index in [1.807, 2.05) is 6.08 Å². The van der Waals surface area contributed by atoms with Crippen LogP contribution in [0.4, 0.5) is 13.2 Å². The highest BCUT2D eigenvalue weighted by molar-refractivity contribution is 5.40. The second-order valence-corrected chi connectivity index (χ2v) is 3.09. The van der Waals surface area contributed by atoms with Crippen molar-refractivity contribution in [1.82, 2.24) is 4.90 Å². The number of rotatable bonds is 0. The number of hydrogen-bond acceptors (Lipinski definition) is 1. The third-order valence-electron chi connectivity index (χ3n) is 2.10. The van der Waals surface area contributed by atoms with Crippen LogP contribution >= 0.6 is 0 Å². The minimum atomic E-state index is -4.26. The van der Waals surface area contributed by atoms with E-state index in [0.717, 1.165) is 12.2 Å². The fourth-order valence-corrected chi connectivity index (χ4v) is 1.37. The Hall–Kier alpha value is -1.45. The topological polar surface area (TPSA) is 3.24 Å². The third kappa shape index (κ3) is 1.60. The summed E-state index contributed by atoms with van der Waals surface area (Å²) in [5.41, 5.74) is -0.0161. The van der Waals surface area contributed by atoms with Crippen LogP contribution in [0.2, 0.25) is 0 Å². The quantitative estimate of drug-likeness (QED) is 0.579. The molecule has 0 aliphatic carbocycles. The van der Waals surface area contributed by atoms with Crippen LogP contribution in [0.1, 0.15) is 0 Å². The zero-order valence-electron chi connectivity index (χ0n) is 7.25. The molecule has 0 spiro atoms. The first-order valence-electron chi connectivity index (χ1n) is 4.18. The molecule has 0 N–H and O–H groups in total. The Bertz CT molecular complexity index is 358. The molecule has 1 nitrogen and oxygen atoms in total. The van der Waals surface area contributed by atoms with Crippen molar-refractivity contribution in [1.29, 1.82) is 0 Å². The van der Waals surface area contributed by atoms with Crippen LogP contribution in [0.3, 0.4) is 0 Å². The first-order valence-corrected chi connectivity index (χ1v) is 4.18. The molecule has 0 unspecified atom stereocenters. The molecule has 0 amide bonds. The summed E-state index contributed by atoms with van der Waals surface area (Å²) in [6, 6.07) is 0. The molecule has 0 fully saturated rings. The molecule has 0 bridgehead atoms. The molecule has 0 aromatic rings. The number of nitrogens with zero attached hydrogens (tertiary/aromatic N) is 1. The molecule has 0 radical (unpaired) electrons. The van der Waals surface area contributed by atoms with E-state index in [1.165, 1.54) is 6.20 Å². The Labute approximate surface area is 79.5 Å². The highest BCUT2D eigenvalue weighted by Gasteiger charge is 2.33. The van der Waals surface area contributed by atoms with Gasteiger partial charge in [0, 0.05) is 18.4 Å². The minimum Gasteiger partial charge on any atom is -0.344 e. The maximum absolute atomic E-state index is 12.3. The molecule has 2 heterocycles. The Morgan fingerprint density at radius 1 is 1.29 bits per heavy atom. The van der Waals surface area contributed by atoms with Crippen LogP contribution in [0.25, 0.3) is 0 Å². The molecule has 0 aromatic carbocycles. The summed E-state index contributed by atoms with van der Waals surface area (Å²) in [5, 5.41) is 0. The molecule has 14 heavy (non-hydrogen) atoms. The van der Waals surface area contributed by atoms with Crippen LogP contribution < -0.4 is 0 Å². The second kappa shape index (κ2) is 3.04. The lowest BCUT2D eigenvalue weighted by Crippen LogP contribution is -2.23. The van der Waals surface area contributed by atoms with E-state index in [2.05, 4.69) is 0 Å². The number of halogens is 3. The molecule has 74 valence electrons. The highest BCUT2D eigenvalue weighted by Crippen LogP contribution is 2.31. The zero-order valence-corrected chi connectivity index (χ0v) is 7.25. The van der Waals surface area contributed by atoms with Crippen molar-refractivity contribution in [2.24, 2.45) is 0 Å². The smallest absolute Gasteiger partial charge is 0.344 e. The molecule has 0 saturated carbocycles. The van der Waals surface area contributed by atoms with Crippen LogP contribution in [-0.2, 0) is 0 Å². The van der Waals surface area contributed by atoms with Gasteiger partial charge in [0.2, 0.25) is 0 Å². The standard InChI is InChI=1S/C10H8F3N/c11-10(12,13)8-4-6-14-5-2-1-3-9(14)7-8/h1-4,6-7H,5H2. The van der Waals surface area contributed by atoms with Crippen molar-refractivity contribution < 1.29 is 13.2 Å². The highest BCUT2D eigenvalue weighted by atomic mass is 19.4. The van der Waals surface area contributed by atoms with Crippen molar-refractivity contribution in [2.45, 2.75) is 6.18 Å². The Morgan fingerprint density at radius 3 is 2.79 bits per heavy atom. The molecule has 0 atom stereocenters. The van der Waals surface area contributed by atoms with Crippen molar-refractivity contribution >= 4 is 0 Å². The van der Waals surface area contributed by atoms with Gasteiger partial charge in [-0.25, -0.2) is 0 Å². The van der Waals surface area contributed by atoms with Crippen molar-refractivity contribution in [3.63, 3.8) is 0 Å². The lowest BCUT2D eigenvalue weighted by Gasteiger charge is -2.26. The first kappa shape index (κ1) is 9.12. The van der Waals surface area contributed by atoms with Gasteiger partial charge in [0.25, 0.3) is 0 Å². The van der Waals surface area contributed by atoms with Crippen LogP contribution in [0.15, 0.2) is 47.9 Å². The van der Waals surface area contributed by atoms with Crippen molar-refractivity contribution in [3.05, 3.63) is 47.9 Å². The monoisotopic (exact) mass is 199 g/mol. The van der Waals surface area contributed by atoms with Gasteiger partial charge in [-0.15, -0.1) is 0 Å². The fraction of sp³-hybridized carbons (Fsp3) is 0.200. The Morgan fingerprint density at radius 2 is 2.07 bits per heavy atom. The van der Waals surface area contributed by atoms with E-state index in [1.54, 1.807) is 17.1 Å². The largest absolute Gasteiger partial charge is 0.416 e. The van der Waals surface area contributed by atoms with E-state index >= 15 is 0 Å². The summed E-state index contributed by atoms with van der Waals surface area (Å²) >= 11 is 0. The van der Waals surface area contributed by atoms with Gasteiger partial charge in [0.15, 0.2) is 0 Å². The van der Waals surface area contributed by atoms with Gasteiger partial charge in [-0.3, -0.25) is 0 Å². The predicted octanol–water partition coefficient (Wildman–Crippen LogP) is 2.76. The van der Waals surface area contributed by atoms with E-state index < -0.39 is 11.7 Å². The Kier molecular flexibility index (Phi) is 1.98. The summed E-state index contributed by atoms with van der Waals surface area (Å²) in [5.74, 6) is 0. The molecule has 2 aliphatic rings. The van der Waals surface area contributed by atoms with Crippen LogP contribution in [-0.4, -0.2) is 17.6 Å². The summed E-state index contributed by atoms with van der Waals surface area (Å²) in [6.07, 6.45) is 4.76. The summed E-state index contributed by atoms with van der Waals surface area (Å²) in [7, 11) is 0. The maximum atomic E-state index is 12.3. The molecule has 4 heteroatoms.